The van der Waals surface area contributed by atoms with Crippen LogP contribution in [0.4, 0.5) is 0 Å². The Bertz CT molecular complexity index is 245. The zero-order chi connectivity index (χ0) is 20.8. The first-order valence-electron chi connectivity index (χ1n) is 13.3. The highest BCUT2D eigenvalue weighted by atomic mass is 79.9. The fraction of sp³-hybridized carbons (Fsp3) is 1.00. The molecule has 0 N–H and O–H groups in total. The molecule has 0 aromatic rings. The highest BCUT2D eigenvalue weighted by molar-refractivity contribution is 9.09. The van der Waals surface area contributed by atoms with Crippen LogP contribution in [0.2, 0.25) is 0 Å². The van der Waals surface area contributed by atoms with Gasteiger partial charge in [0.1, 0.15) is 0 Å². The Kier molecular flexibility index (Phi) is 22.6. The molecule has 0 fully saturated rings. The number of unbranched alkanes of at least 4 members (excludes halogenated alkanes) is 15. The molecule has 0 unspecified atom stereocenters. The average molecular weight is 460 g/mol. The molecule has 0 atom stereocenters. The first kappa shape index (κ1) is 28.5. The lowest BCUT2D eigenvalue weighted by Gasteiger charge is -2.34. The van der Waals surface area contributed by atoms with Crippen molar-refractivity contribution in [1.29, 1.82) is 0 Å². The monoisotopic (exact) mass is 458 g/mol. The van der Waals surface area contributed by atoms with Crippen molar-refractivity contribution >= 4 is 15.9 Å². The van der Waals surface area contributed by atoms with Crippen LogP contribution in [0, 0.1) is 5.41 Å². The molecule has 0 radical (unpaired) electrons. The van der Waals surface area contributed by atoms with E-state index in [9.17, 15) is 0 Å². The summed E-state index contributed by atoms with van der Waals surface area (Å²) in [6, 6.07) is 0. The van der Waals surface area contributed by atoms with Gasteiger partial charge in [-0.3, -0.25) is 0 Å². The SMILES string of the molecule is CCCCCCCCC(CCBr)(CCCCCCCC)CCCCCCCC. The standard InChI is InChI=1S/C27H55Br/c1-4-7-10-13-16-19-22-27(25-26-28,23-20-17-14-11-8-5-2)24-21-18-15-12-9-6-3/h4-26H2,1-3H3. The van der Waals surface area contributed by atoms with Crippen LogP contribution < -0.4 is 0 Å². The molecular weight excluding hydrogens is 404 g/mol. The largest absolute Gasteiger partial charge is 0.0928 e. The van der Waals surface area contributed by atoms with E-state index in [4.69, 9.17) is 0 Å². The fourth-order valence-corrected chi connectivity index (χ4v) is 5.63. The van der Waals surface area contributed by atoms with E-state index in [1.54, 1.807) is 0 Å². The van der Waals surface area contributed by atoms with E-state index < -0.39 is 0 Å². The van der Waals surface area contributed by atoms with Crippen molar-refractivity contribution < 1.29 is 0 Å². The number of hydrogen-bond donors (Lipinski definition) is 0. The van der Waals surface area contributed by atoms with Crippen LogP contribution in [0.15, 0.2) is 0 Å². The van der Waals surface area contributed by atoms with Crippen LogP contribution in [0.1, 0.15) is 162 Å². The molecule has 0 nitrogen and oxygen atoms in total. The van der Waals surface area contributed by atoms with E-state index in [1.807, 2.05) is 0 Å². The van der Waals surface area contributed by atoms with Gasteiger partial charge in [-0.05, 0) is 31.1 Å². The third-order valence-electron chi connectivity index (χ3n) is 6.81. The maximum Gasteiger partial charge on any atom is 0.00365 e. The van der Waals surface area contributed by atoms with Crippen molar-refractivity contribution in [3.8, 4) is 0 Å². The second-order valence-electron chi connectivity index (χ2n) is 9.49. The van der Waals surface area contributed by atoms with Crippen LogP contribution >= 0.6 is 15.9 Å². The van der Waals surface area contributed by atoms with Gasteiger partial charge in [0.2, 0.25) is 0 Å². The van der Waals surface area contributed by atoms with Gasteiger partial charge < -0.3 is 0 Å². The van der Waals surface area contributed by atoms with Crippen LogP contribution in [0.25, 0.3) is 0 Å². The van der Waals surface area contributed by atoms with Crippen molar-refractivity contribution in [2.24, 2.45) is 5.41 Å². The Morgan fingerprint density at radius 1 is 0.393 bits per heavy atom. The fourth-order valence-electron chi connectivity index (χ4n) is 4.79. The quantitative estimate of drug-likeness (QED) is 0.105. The summed E-state index contributed by atoms with van der Waals surface area (Å²) in [5, 5.41) is 1.20. The van der Waals surface area contributed by atoms with Crippen LogP contribution in [0.3, 0.4) is 0 Å². The Labute approximate surface area is 188 Å². The average Bonchev–Trinajstić information content (AvgIpc) is 2.70. The molecule has 28 heavy (non-hydrogen) atoms. The zero-order valence-corrected chi connectivity index (χ0v) is 21.7. The lowest BCUT2D eigenvalue weighted by Crippen LogP contribution is -2.22. The summed E-state index contributed by atoms with van der Waals surface area (Å²) in [7, 11) is 0. The second-order valence-corrected chi connectivity index (χ2v) is 10.3. The molecule has 0 amide bonds. The predicted octanol–water partition coefficient (Wildman–Crippen LogP) is 11.0. The Morgan fingerprint density at radius 2 is 0.679 bits per heavy atom. The lowest BCUT2D eigenvalue weighted by molar-refractivity contribution is 0.188. The van der Waals surface area contributed by atoms with Crippen molar-refractivity contribution in [3.63, 3.8) is 0 Å². The van der Waals surface area contributed by atoms with Crippen LogP contribution in [-0.2, 0) is 0 Å². The molecule has 1 heteroatoms. The molecule has 0 aromatic carbocycles. The van der Waals surface area contributed by atoms with Crippen molar-refractivity contribution in [1.82, 2.24) is 0 Å². The van der Waals surface area contributed by atoms with Gasteiger partial charge >= 0.3 is 0 Å². The van der Waals surface area contributed by atoms with Gasteiger partial charge in [-0.15, -0.1) is 0 Å². The van der Waals surface area contributed by atoms with E-state index in [-0.39, 0.29) is 0 Å². The molecule has 0 heterocycles. The van der Waals surface area contributed by atoms with E-state index >= 15 is 0 Å². The summed E-state index contributed by atoms with van der Waals surface area (Å²) in [6.07, 6.45) is 31.9. The minimum atomic E-state index is 0.643. The van der Waals surface area contributed by atoms with Gasteiger partial charge in [0.15, 0.2) is 0 Å². The van der Waals surface area contributed by atoms with E-state index in [0.717, 1.165) is 0 Å². The highest BCUT2D eigenvalue weighted by Gasteiger charge is 2.27. The maximum absolute atomic E-state index is 3.81. The van der Waals surface area contributed by atoms with Gasteiger partial charge in [-0.1, -0.05) is 152 Å². The Morgan fingerprint density at radius 3 is 0.964 bits per heavy atom. The third kappa shape index (κ3) is 17.3. The molecule has 0 aliphatic rings. The molecule has 0 aromatic heterocycles. The topological polar surface area (TPSA) is 0 Å². The molecule has 170 valence electrons. The Balaban J connectivity index is 4.39. The molecule has 0 aliphatic heterocycles. The highest BCUT2D eigenvalue weighted by Crippen LogP contribution is 2.41. The minimum Gasteiger partial charge on any atom is -0.0928 e. The van der Waals surface area contributed by atoms with Gasteiger partial charge in [-0.25, -0.2) is 0 Å². The van der Waals surface area contributed by atoms with E-state index in [1.165, 1.54) is 147 Å². The minimum absolute atomic E-state index is 0.643. The summed E-state index contributed by atoms with van der Waals surface area (Å²) in [4.78, 5) is 0. The normalized spacial score (nSPS) is 12.0. The first-order valence-corrected chi connectivity index (χ1v) is 14.4. The third-order valence-corrected chi connectivity index (χ3v) is 7.20. The van der Waals surface area contributed by atoms with Gasteiger partial charge in [0, 0.05) is 5.33 Å². The molecule has 0 bridgehead atoms. The predicted molar refractivity (Wildman–Crippen MR) is 135 cm³/mol. The number of alkyl halides is 1. The summed E-state index contributed by atoms with van der Waals surface area (Å²) in [5.41, 5.74) is 0.643. The van der Waals surface area contributed by atoms with Gasteiger partial charge in [0.05, 0.1) is 0 Å². The second kappa shape index (κ2) is 22.2. The van der Waals surface area contributed by atoms with Gasteiger partial charge in [-0.2, -0.15) is 0 Å². The lowest BCUT2D eigenvalue weighted by atomic mass is 9.72. The number of halogens is 1. The summed E-state index contributed by atoms with van der Waals surface area (Å²) in [6.45, 7) is 6.96. The smallest absolute Gasteiger partial charge is 0.00365 e. The van der Waals surface area contributed by atoms with E-state index in [0.29, 0.717) is 5.41 Å². The summed E-state index contributed by atoms with van der Waals surface area (Å²) >= 11 is 3.81. The van der Waals surface area contributed by atoms with Crippen LogP contribution in [-0.4, -0.2) is 5.33 Å². The molecule has 0 spiro atoms. The number of rotatable bonds is 23. The molecular formula is C27H55Br. The van der Waals surface area contributed by atoms with Crippen molar-refractivity contribution in [2.75, 3.05) is 5.33 Å². The maximum atomic E-state index is 3.81. The van der Waals surface area contributed by atoms with E-state index in [2.05, 4.69) is 36.7 Å². The van der Waals surface area contributed by atoms with Crippen molar-refractivity contribution in [2.45, 2.75) is 162 Å². The van der Waals surface area contributed by atoms with Crippen LogP contribution in [0.5, 0.6) is 0 Å². The molecule has 0 saturated carbocycles. The zero-order valence-electron chi connectivity index (χ0n) is 20.1. The summed E-state index contributed by atoms with van der Waals surface area (Å²) < 4.78 is 0. The molecule has 0 rings (SSSR count). The Hall–Kier alpha value is 0.480. The molecule has 0 aliphatic carbocycles. The molecule has 0 saturated heterocycles. The van der Waals surface area contributed by atoms with Crippen molar-refractivity contribution in [3.05, 3.63) is 0 Å². The summed E-state index contributed by atoms with van der Waals surface area (Å²) in [5.74, 6) is 0. The number of hydrogen-bond acceptors (Lipinski definition) is 0. The first-order chi connectivity index (χ1) is 13.7. The van der Waals surface area contributed by atoms with Gasteiger partial charge in [0.25, 0.3) is 0 Å².